The summed E-state index contributed by atoms with van der Waals surface area (Å²) in [6.07, 6.45) is 0. The number of benzene rings is 2. The van der Waals surface area contributed by atoms with Crippen molar-refractivity contribution in [1.29, 1.82) is 0 Å². The van der Waals surface area contributed by atoms with Gasteiger partial charge in [0.25, 0.3) is 0 Å². The molecule has 0 N–H and O–H groups in total. The van der Waals surface area contributed by atoms with E-state index in [9.17, 15) is 14.4 Å². The minimum absolute atomic E-state index is 0.164. The van der Waals surface area contributed by atoms with Crippen LogP contribution < -0.4 is 5.43 Å². The summed E-state index contributed by atoms with van der Waals surface area (Å²) < 4.78 is 14.2. The molecule has 0 aliphatic heterocycles. The number of hydrogen-bond donors (Lipinski definition) is 0. The molecule has 0 aliphatic carbocycles. The fraction of sp³-hybridized carbons (Fsp3) is 0.464. The Balaban J connectivity index is 2.16. The molecule has 3 rings (SSSR count). The van der Waals surface area contributed by atoms with Gasteiger partial charge in [0, 0.05) is 28.9 Å². The molecular formula is C28H39NO5Si2. The first-order valence-electron chi connectivity index (χ1n) is 12.3. The predicted molar refractivity (Wildman–Crippen MR) is 152 cm³/mol. The van der Waals surface area contributed by atoms with Crippen molar-refractivity contribution < 1.29 is 18.4 Å². The van der Waals surface area contributed by atoms with Gasteiger partial charge in [-0.2, -0.15) is 0 Å². The molecular weight excluding hydrogens is 486 g/mol. The molecule has 0 spiro atoms. The van der Waals surface area contributed by atoms with Crippen LogP contribution in [0.3, 0.4) is 0 Å². The predicted octanol–water partition coefficient (Wildman–Crippen LogP) is 6.32. The van der Waals surface area contributed by atoms with Crippen LogP contribution in [0.4, 0.5) is 0 Å². The highest BCUT2D eigenvalue weighted by Crippen LogP contribution is 2.27. The van der Waals surface area contributed by atoms with Crippen molar-refractivity contribution in [2.75, 3.05) is 0 Å². The maximum atomic E-state index is 13.7. The lowest BCUT2D eigenvalue weighted by Crippen LogP contribution is -2.44. The number of ketones is 2. The molecule has 0 amide bonds. The number of aromatic nitrogens is 1. The van der Waals surface area contributed by atoms with Crippen molar-refractivity contribution in [3.05, 3.63) is 57.7 Å². The minimum atomic E-state index is -1.97. The average molecular weight is 526 g/mol. The maximum Gasteiger partial charge on any atom is 0.197 e. The first-order chi connectivity index (χ1) is 16.2. The van der Waals surface area contributed by atoms with Gasteiger partial charge in [0.15, 0.2) is 33.6 Å². The highest BCUT2D eigenvalue weighted by atomic mass is 28.4. The van der Waals surface area contributed by atoms with Gasteiger partial charge in [0.05, 0.1) is 11.0 Å². The molecule has 2 aromatic carbocycles. The highest BCUT2D eigenvalue weighted by molar-refractivity contribution is 6.70. The molecule has 0 fully saturated rings. The maximum absolute atomic E-state index is 13.7. The summed E-state index contributed by atoms with van der Waals surface area (Å²) >= 11 is 0. The first kappa shape index (κ1) is 28.2. The SMILES string of the molecule is Cn1c2ccc(C(=O)C(C)(C)O[Si](C)(C)C)cc2c(=O)c2cc(C(=O)C(C)(C)O[Si](C)(C)C)ccc21. The number of pyridine rings is 1. The van der Waals surface area contributed by atoms with E-state index in [0.717, 1.165) is 11.0 Å². The van der Waals surface area contributed by atoms with E-state index in [4.69, 9.17) is 8.85 Å². The zero-order valence-corrected chi connectivity index (χ0v) is 25.5. The van der Waals surface area contributed by atoms with Crippen LogP contribution in [0.25, 0.3) is 21.8 Å². The standard InChI is InChI=1S/C28H39NO5Si2/c1-27(2,33-35(6,7)8)25(31)18-12-14-22-20(16-18)24(30)21-17-19(13-15-23(21)29(22)5)26(32)28(3,4)34-36(9,10)11/h12-17H,1-11H3. The lowest BCUT2D eigenvalue weighted by molar-refractivity contribution is 0.0557. The van der Waals surface area contributed by atoms with Gasteiger partial charge in [-0.25, -0.2) is 0 Å². The summed E-state index contributed by atoms with van der Waals surface area (Å²) in [6.45, 7) is 19.4. The van der Waals surface area contributed by atoms with Gasteiger partial charge in [-0.1, -0.05) is 0 Å². The summed E-state index contributed by atoms with van der Waals surface area (Å²) in [5, 5.41) is 0.865. The topological polar surface area (TPSA) is 74.6 Å². The number of hydrogen-bond acceptors (Lipinski definition) is 5. The summed E-state index contributed by atoms with van der Waals surface area (Å²) in [4.78, 5) is 40.4. The molecule has 0 radical (unpaired) electrons. The molecule has 0 saturated carbocycles. The number of nitrogens with zero attached hydrogens (tertiary/aromatic N) is 1. The van der Waals surface area contributed by atoms with E-state index in [1.54, 1.807) is 64.1 Å². The largest absolute Gasteiger partial charge is 0.405 e. The fourth-order valence-electron chi connectivity index (χ4n) is 4.90. The van der Waals surface area contributed by atoms with Gasteiger partial charge in [-0.15, -0.1) is 0 Å². The van der Waals surface area contributed by atoms with E-state index in [-0.39, 0.29) is 17.0 Å². The van der Waals surface area contributed by atoms with Crippen molar-refractivity contribution in [1.82, 2.24) is 4.57 Å². The third kappa shape index (κ3) is 5.77. The molecule has 0 unspecified atom stereocenters. The zero-order valence-electron chi connectivity index (χ0n) is 23.5. The Morgan fingerprint density at radius 3 is 1.33 bits per heavy atom. The van der Waals surface area contributed by atoms with Crippen LogP contribution in [0.1, 0.15) is 48.4 Å². The smallest absolute Gasteiger partial charge is 0.197 e. The van der Waals surface area contributed by atoms with Gasteiger partial charge in [0.1, 0.15) is 11.2 Å². The zero-order chi connectivity index (χ0) is 27.4. The molecule has 36 heavy (non-hydrogen) atoms. The summed E-state index contributed by atoms with van der Waals surface area (Å²) in [6, 6.07) is 10.4. The number of aryl methyl sites for hydroxylation is 1. The second kappa shape index (κ2) is 9.17. The van der Waals surface area contributed by atoms with Crippen molar-refractivity contribution >= 4 is 50.0 Å². The van der Waals surface area contributed by atoms with E-state index in [1.165, 1.54) is 0 Å². The van der Waals surface area contributed by atoms with Crippen LogP contribution in [0.5, 0.6) is 0 Å². The van der Waals surface area contributed by atoms with Crippen LogP contribution in [0.2, 0.25) is 39.3 Å². The Morgan fingerprint density at radius 2 is 1.03 bits per heavy atom. The number of carbonyl (C=O) groups excluding carboxylic acids is 2. The monoisotopic (exact) mass is 525 g/mol. The van der Waals surface area contributed by atoms with E-state index in [2.05, 4.69) is 0 Å². The normalized spacial score (nSPS) is 13.4. The van der Waals surface area contributed by atoms with E-state index < -0.39 is 27.8 Å². The van der Waals surface area contributed by atoms with Gasteiger partial charge in [0.2, 0.25) is 0 Å². The molecule has 1 aromatic heterocycles. The molecule has 8 heteroatoms. The van der Waals surface area contributed by atoms with Crippen LogP contribution in [0.15, 0.2) is 41.2 Å². The van der Waals surface area contributed by atoms with Gasteiger partial charge < -0.3 is 13.4 Å². The van der Waals surface area contributed by atoms with Crippen molar-refractivity contribution in [2.45, 2.75) is 78.2 Å². The summed E-state index contributed by atoms with van der Waals surface area (Å²) in [7, 11) is -2.07. The van der Waals surface area contributed by atoms with E-state index >= 15 is 0 Å². The minimum Gasteiger partial charge on any atom is -0.405 e. The molecule has 1 heterocycles. The third-order valence-corrected chi connectivity index (χ3v) is 8.19. The van der Waals surface area contributed by atoms with Gasteiger partial charge >= 0.3 is 0 Å². The summed E-state index contributed by atoms with van der Waals surface area (Å²) in [5.41, 5.74) is 0.0844. The number of rotatable bonds is 8. The number of fused-ring (bicyclic) bond motifs is 2. The van der Waals surface area contributed by atoms with Crippen LogP contribution in [0, 0.1) is 0 Å². The van der Waals surface area contributed by atoms with E-state index in [0.29, 0.717) is 21.9 Å². The third-order valence-electron chi connectivity index (χ3n) is 5.95. The lowest BCUT2D eigenvalue weighted by Gasteiger charge is -2.32. The number of carbonyl (C=O) groups is 2. The molecule has 0 bridgehead atoms. The Bertz CT molecular complexity index is 1320. The number of Topliss-reactive ketones (excluding diaryl/α,β-unsaturated/α-hetero) is 2. The van der Waals surface area contributed by atoms with Gasteiger partial charge in [-0.3, -0.25) is 14.4 Å². The lowest BCUT2D eigenvalue weighted by atomic mass is 9.94. The first-order valence-corrected chi connectivity index (χ1v) is 19.1. The van der Waals surface area contributed by atoms with Crippen LogP contribution in [-0.2, 0) is 15.9 Å². The second-order valence-electron chi connectivity index (χ2n) is 12.5. The Labute approximate surface area is 215 Å². The highest BCUT2D eigenvalue weighted by Gasteiger charge is 2.36. The quantitative estimate of drug-likeness (QED) is 0.195. The summed E-state index contributed by atoms with van der Waals surface area (Å²) in [5.74, 6) is -0.328. The fourth-order valence-corrected chi connectivity index (χ4v) is 8.14. The van der Waals surface area contributed by atoms with Crippen LogP contribution >= 0.6 is 0 Å². The van der Waals surface area contributed by atoms with Crippen molar-refractivity contribution in [3.63, 3.8) is 0 Å². The molecule has 0 aliphatic rings. The molecule has 3 aromatic rings. The average Bonchev–Trinajstić information content (AvgIpc) is 2.72. The Kier molecular flexibility index (Phi) is 7.18. The Hall–Kier alpha value is -2.40. The van der Waals surface area contributed by atoms with E-state index in [1.807, 2.05) is 50.9 Å². The van der Waals surface area contributed by atoms with Gasteiger partial charge in [-0.05, 0) is 103 Å². The second-order valence-corrected chi connectivity index (χ2v) is 21.3. The van der Waals surface area contributed by atoms with Crippen LogP contribution in [-0.4, -0.2) is 44.0 Å². The Morgan fingerprint density at radius 1 is 0.694 bits per heavy atom. The molecule has 0 saturated heterocycles. The molecule has 0 atom stereocenters. The van der Waals surface area contributed by atoms with Crippen molar-refractivity contribution in [2.24, 2.45) is 7.05 Å². The van der Waals surface area contributed by atoms with Crippen molar-refractivity contribution in [3.8, 4) is 0 Å². The molecule has 194 valence electrons. The molecule has 6 nitrogen and oxygen atoms in total.